The zero-order chi connectivity index (χ0) is 23.9. The lowest BCUT2D eigenvalue weighted by Crippen LogP contribution is -2.52. The van der Waals surface area contributed by atoms with Crippen LogP contribution in [0.4, 0.5) is 5.69 Å². The van der Waals surface area contributed by atoms with E-state index in [9.17, 15) is 14.4 Å². The molecule has 3 heterocycles. The third kappa shape index (κ3) is 5.93. The number of ether oxygens (including phenoxy) is 2. The summed E-state index contributed by atoms with van der Waals surface area (Å²) < 4.78 is 10.9. The van der Waals surface area contributed by atoms with Crippen molar-refractivity contribution in [2.75, 3.05) is 57.9 Å². The summed E-state index contributed by atoms with van der Waals surface area (Å²) in [5.41, 5.74) is 7.92. The van der Waals surface area contributed by atoms with Crippen LogP contribution < -0.4 is 16.4 Å². The van der Waals surface area contributed by atoms with Crippen molar-refractivity contribution in [2.45, 2.75) is 44.3 Å². The number of piperidine rings is 2. The van der Waals surface area contributed by atoms with Gasteiger partial charge in [0.15, 0.2) is 0 Å². The molecule has 4 rings (SSSR count). The summed E-state index contributed by atoms with van der Waals surface area (Å²) in [6.45, 7) is 6.21. The number of likely N-dealkylation sites (tertiary alicyclic amines) is 1. The number of anilines is 1. The van der Waals surface area contributed by atoms with Crippen LogP contribution in [0.3, 0.4) is 0 Å². The van der Waals surface area contributed by atoms with Crippen molar-refractivity contribution in [3.8, 4) is 0 Å². The second-order valence-electron chi connectivity index (χ2n) is 9.01. The predicted molar refractivity (Wildman–Crippen MR) is 126 cm³/mol. The number of fused-ring (bicyclic) bond motifs is 1. The molecule has 0 spiro atoms. The predicted octanol–water partition coefficient (Wildman–Crippen LogP) is 0.316. The monoisotopic (exact) mass is 473 g/mol. The van der Waals surface area contributed by atoms with Gasteiger partial charge in [-0.15, -0.1) is 0 Å². The molecule has 186 valence electrons. The first-order valence-electron chi connectivity index (χ1n) is 12.2. The van der Waals surface area contributed by atoms with Gasteiger partial charge in [-0.1, -0.05) is 6.07 Å². The number of nitrogens with one attached hydrogen (secondary N) is 2. The highest BCUT2D eigenvalue weighted by atomic mass is 16.5. The number of hydrogen-bond donors (Lipinski definition) is 3. The van der Waals surface area contributed by atoms with Crippen molar-refractivity contribution < 1.29 is 23.9 Å². The quantitative estimate of drug-likeness (QED) is 0.310. The lowest BCUT2D eigenvalue weighted by Gasteiger charge is -2.33. The van der Waals surface area contributed by atoms with Crippen LogP contribution in [0.2, 0.25) is 0 Å². The summed E-state index contributed by atoms with van der Waals surface area (Å²) in [6, 6.07) is 5.44. The summed E-state index contributed by atoms with van der Waals surface area (Å²) in [4.78, 5) is 40.8. The maximum atomic E-state index is 13.0. The van der Waals surface area contributed by atoms with Gasteiger partial charge in [-0.05, 0) is 31.4 Å². The summed E-state index contributed by atoms with van der Waals surface area (Å²) in [5, 5.41) is 6.00. The molecule has 10 nitrogen and oxygen atoms in total. The fraction of sp³-hybridized carbons (Fsp3) is 0.625. The number of imide groups is 1. The molecule has 0 radical (unpaired) electrons. The van der Waals surface area contributed by atoms with Gasteiger partial charge in [0.25, 0.3) is 5.91 Å². The molecular weight excluding hydrogens is 438 g/mol. The molecule has 10 heteroatoms. The lowest BCUT2D eigenvalue weighted by atomic mass is 10.0. The SMILES string of the molecule is NCCOCCOCCN1CCC(Nc2cccc3c2CN(C2CCC(=O)NC2=O)C3=O)CC1. The first-order valence-corrected chi connectivity index (χ1v) is 12.2. The van der Waals surface area contributed by atoms with Crippen LogP contribution in [-0.4, -0.2) is 92.2 Å². The molecule has 3 aliphatic heterocycles. The smallest absolute Gasteiger partial charge is 0.255 e. The fourth-order valence-electron chi connectivity index (χ4n) is 4.84. The minimum atomic E-state index is -0.594. The van der Waals surface area contributed by atoms with Crippen molar-refractivity contribution in [2.24, 2.45) is 5.73 Å². The maximum absolute atomic E-state index is 13.0. The van der Waals surface area contributed by atoms with Crippen molar-refractivity contribution in [3.63, 3.8) is 0 Å². The highest BCUT2D eigenvalue weighted by Gasteiger charge is 2.40. The van der Waals surface area contributed by atoms with E-state index in [-0.39, 0.29) is 24.1 Å². The van der Waals surface area contributed by atoms with Crippen molar-refractivity contribution in [3.05, 3.63) is 29.3 Å². The Balaban J connectivity index is 1.25. The van der Waals surface area contributed by atoms with Gasteiger partial charge in [-0.2, -0.15) is 0 Å². The number of benzene rings is 1. The number of nitrogens with two attached hydrogens (primary N) is 1. The minimum Gasteiger partial charge on any atom is -0.382 e. The van der Waals surface area contributed by atoms with Gasteiger partial charge in [0.1, 0.15) is 6.04 Å². The van der Waals surface area contributed by atoms with E-state index >= 15 is 0 Å². The van der Waals surface area contributed by atoms with Gasteiger partial charge in [0, 0.05) is 62.0 Å². The van der Waals surface area contributed by atoms with Crippen LogP contribution in [0.1, 0.15) is 41.6 Å². The van der Waals surface area contributed by atoms with E-state index in [1.54, 1.807) is 4.90 Å². The molecule has 1 atom stereocenters. The minimum absolute atomic E-state index is 0.142. The van der Waals surface area contributed by atoms with Gasteiger partial charge in [-0.3, -0.25) is 19.7 Å². The normalized spacial score (nSPS) is 21.6. The van der Waals surface area contributed by atoms with Gasteiger partial charge < -0.3 is 30.3 Å². The van der Waals surface area contributed by atoms with Crippen LogP contribution in [0.15, 0.2) is 18.2 Å². The Morgan fingerprint density at radius 1 is 1.03 bits per heavy atom. The van der Waals surface area contributed by atoms with Crippen LogP contribution in [0.25, 0.3) is 0 Å². The highest BCUT2D eigenvalue weighted by Crippen LogP contribution is 2.33. The molecule has 0 bridgehead atoms. The molecule has 3 amide bonds. The van der Waals surface area contributed by atoms with Crippen molar-refractivity contribution in [1.82, 2.24) is 15.1 Å². The second kappa shape index (κ2) is 11.7. The van der Waals surface area contributed by atoms with Crippen molar-refractivity contribution >= 4 is 23.4 Å². The van der Waals surface area contributed by atoms with Crippen LogP contribution >= 0.6 is 0 Å². The standard InChI is InChI=1S/C24H35N5O5/c25-8-12-33-14-15-34-13-11-28-9-6-17(7-10-28)26-20-3-1-2-18-19(20)16-29(24(18)32)21-4-5-22(30)27-23(21)31/h1-3,17,21,26H,4-16,25H2,(H,27,30,31). The van der Waals surface area contributed by atoms with E-state index in [1.807, 2.05) is 18.2 Å². The fourth-order valence-corrected chi connectivity index (χ4v) is 4.84. The van der Waals surface area contributed by atoms with Gasteiger partial charge in [0.2, 0.25) is 11.8 Å². The van der Waals surface area contributed by atoms with Gasteiger partial charge in [-0.25, -0.2) is 0 Å². The second-order valence-corrected chi connectivity index (χ2v) is 9.01. The Morgan fingerprint density at radius 2 is 1.79 bits per heavy atom. The van der Waals surface area contributed by atoms with Crippen LogP contribution in [-0.2, 0) is 25.6 Å². The van der Waals surface area contributed by atoms with Crippen LogP contribution in [0, 0.1) is 0 Å². The summed E-state index contributed by atoms with van der Waals surface area (Å²) in [6.07, 6.45) is 2.64. The molecule has 3 aliphatic rings. The summed E-state index contributed by atoms with van der Waals surface area (Å²) >= 11 is 0. The maximum Gasteiger partial charge on any atom is 0.255 e. The number of carbonyl (C=O) groups is 3. The molecule has 1 aromatic rings. The Morgan fingerprint density at radius 3 is 2.53 bits per heavy atom. The summed E-state index contributed by atoms with van der Waals surface area (Å²) in [5.74, 6) is -0.801. The average Bonchev–Trinajstić information content (AvgIpc) is 3.17. The van der Waals surface area contributed by atoms with Gasteiger partial charge in [0.05, 0.1) is 26.4 Å². The van der Waals surface area contributed by atoms with E-state index < -0.39 is 6.04 Å². The molecule has 4 N–H and O–H groups in total. The van der Waals surface area contributed by atoms with Crippen LogP contribution in [0.5, 0.6) is 0 Å². The number of carbonyl (C=O) groups excluding carboxylic acids is 3. The largest absolute Gasteiger partial charge is 0.382 e. The number of nitrogens with zero attached hydrogens (tertiary/aromatic N) is 2. The molecular formula is C24H35N5O5. The van der Waals surface area contributed by atoms with E-state index in [2.05, 4.69) is 15.5 Å². The number of rotatable bonds is 11. The average molecular weight is 474 g/mol. The first-order chi connectivity index (χ1) is 16.6. The van der Waals surface area contributed by atoms with E-state index in [1.165, 1.54) is 0 Å². The lowest BCUT2D eigenvalue weighted by molar-refractivity contribution is -0.136. The third-order valence-electron chi connectivity index (χ3n) is 6.72. The molecule has 0 aromatic heterocycles. The van der Waals surface area contributed by atoms with E-state index in [4.69, 9.17) is 15.2 Å². The Hall–Kier alpha value is -2.53. The highest BCUT2D eigenvalue weighted by molar-refractivity contribution is 6.06. The Bertz CT molecular complexity index is 887. The Labute approximate surface area is 200 Å². The van der Waals surface area contributed by atoms with E-state index in [0.717, 1.165) is 43.7 Å². The molecule has 1 unspecified atom stereocenters. The van der Waals surface area contributed by atoms with E-state index in [0.29, 0.717) is 57.5 Å². The molecule has 0 aliphatic carbocycles. The molecule has 1 aromatic carbocycles. The number of amides is 3. The Kier molecular flexibility index (Phi) is 8.49. The molecule has 34 heavy (non-hydrogen) atoms. The number of hydrogen-bond acceptors (Lipinski definition) is 8. The molecule has 2 fully saturated rings. The molecule has 0 saturated carbocycles. The molecule has 2 saturated heterocycles. The third-order valence-corrected chi connectivity index (χ3v) is 6.72. The van der Waals surface area contributed by atoms with Gasteiger partial charge >= 0.3 is 0 Å². The summed E-state index contributed by atoms with van der Waals surface area (Å²) in [7, 11) is 0. The zero-order valence-electron chi connectivity index (χ0n) is 19.6. The topological polar surface area (TPSA) is 126 Å². The van der Waals surface area contributed by atoms with Crippen molar-refractivity contribution in [1.29, 1.82) is 0 Å². The zero-order valence-corrected chi connectivity index (χ0v) is 19.6. The first kappa shape index (κ1) is 24.6.